The van der Waals surface area contributed by atoms with Gasteiger partial charge in [-0.1, -0.05) is 77.4 Å². The Labute approximate surface area is 220 Å². The van der Waals surface area contributed by atoms with E-state index in [1.807, 2.05) is 49.4 Å². The SMILES string of the molecule is Cc1ccc([S@@+]([O-])N[C@@H](CC(=O)O)c2cccc(-c3ccn([Si](C(C)C)(C(C)C)C(C)C)c3)c2)cc1. The zero-order valence-electron chi connectivity index (χ0n) is 22.5. The number of rotatable bonds is 11. The van der Waals surface area contributed by atoms with E-state index < -0.39 is 31.6 Å². The summed E-state index contributed by atoms with van der Waals surface area (Å²) in [4.78, 5) is 12.3. The van der Waals surface area contributed by atoms with Crippen LogP contribution >= 0.6 is 0 Å². The van der Waals surface area contributed by atoms with Crippen LogP contribution in [-0.4, -0.2) is 28.1 Å². The molecule has 0 amide bonds. The molecule has 0 spiro atoms. The van der Waals surface area contributed by atoms with Crippen LogP contribution in [0.15, 0.2) is 71.9 Å². The number of nitrogens with zero attached hydrogens (tertiary/aromatic N) is 1. The van der Waals surface area contributed by atoms with Gasteiger partial charge in [-0.25, -0.2) is 0 Å². The molecule has 5 nitrogen and oxygen atoms in total. The molecular formula is C29H40N2O3SSi. The van der Waals surface area contributed by atoms with E-state index in [0.717, 1.165) is 22.3 Å². The molecule has 36 heavy (non-hydrogen) atoms. The van der Waals surface area contributed by atoms with Gasteiger partial charge in [-0.3, -0.25) is 4.79 Å². The van der Waals surface area contributed by atoms with Crippen molar-refractivity contribution in [2.75, 3.05) is 0 Å². The predicted octanol–water partition coefficient (Wildman–Crippen LogP) is 7.32. The van der Waals surface area contributed by atoms with Crippen molar-refractivity contribution >= 4 is 25.6 Å². The molecule has 3 rings (SSSR count). The normalized spacial score (nSPS) is 14.0. The molecule has 7 heteroatoms. The maximum atomic E-state index is 13.0. The molecule has 0 saturated carbocycles. The van der Waals surface area contributed by atoms with Gasteiger partial charge < -0.3 is 13.9 Å². The first-order valence-corrected chi connectivity index (χ1v) is 16.0. The van der Waals surface area contributed by atoms with Crippen molar-refractivity contribution in [3.8, 4) is 11.1 Å². The van der Waals surface area contributed by atoms with Gasteiger partial charge in [0.25, 0.3) is 0 Å². The second-order valence-electron chi connectivity index (χ2n) is 10.6. The van der Waals surface area contributed by atoms with Crippen LogP contribution in [0.4, 0.5) is 0 Å². The molecule has 0 saturated heterocycles. The second kappa shape index (κ2) is 11.8. The summed E-state index contributed by atoms with van der Waals surface area (Å²) in [5, 5.41) is 9.56. The van der Waals surface area contributed by atoms with Gasteiger partial charge in [-0.15, -0.1) is 4.72 Å². The molecule has 194 valence electrons. The molecule has 0 radical (unpaired) electrons. The molecule has 0 bridgehead atoms. The van der Waals surface area contributed by atoms with Crippen molar-refractivity contribution in [2.45, 2.75) is 82.4 Å². The molecule has 2 atom stereocenters. The summed E-state index contributed by atoms with van der Waals surface area (Å²) in [6.07, 6.45) is 4.34. The number of carboxylic acids is 1. The summed E-state index contributed by atoms with van der Waals surface area (Å²) in [5.74, 6) is -0.938. The third-order valence-electron chi connectivity index (χ3n) is 7.40. The number of carbonyl (C=O) groups is 1. The first-order chi connectivity index (χ1) is 17.0. The second-order valence-corrected chi connectivity index (χ2v) is 17.6. The van der Waals surface area contributed by atoms with E-state index >= 15 is 0 Å². The van der Waals surface area contributed by atoms with Crippen LogP contribution in [0.5, 0.6) is 0 Å². The summed E-state index contributed by atoms with van der Waals surface area (Å²) in [7, 11) is -1.85. The van der Waals surface area contributed by atoms with E-state index in [1.54, 1.807) is 0 Å². The summed E-state index contributed by atoms with van der Waals surface area (Å²) in [6, 6.07) is 16.9. The van der Waals surface area contributed by atoms with Gasteiger partial charge in [-0.2, -0.15) is 0 Å². The van der Waals surface area contributed by atoms with Gasteiger partial charge in [-0.05, 0) is 70.7 Å². The largest absolute Gasteiger partial charge is 0.593 e. The van der Waals surface area contributed by atoms with Crippen LogP contribution in [-0.2, 0) is 16.2 Å². The van der Waals surface area contributed by atoms with E-state index in [4.69, 9.17) is 0 Å². The van der Waals surface area contributed by atoms with Gasteiger partial charge in [0.15, 0.2) is 13.1 Å². The number of aromatic nitrogens is 1. The summed E-state index contributed by atoms with van der Waals surface area (Å²) < 4.78 is 18.5. The molecule has 0 unspecified atom stereocenters. The highest BCUT2D eigenvalue weighted by Gasteiger charge is 2.45. The van der Waals surface area contributed by atoms with E-state index in [0.29, 0.717) is 21.5 Å². The Bertz CT molecular complexity index is 1140. The Kier molecular flexibility index (Phi) is 9.27. The Morgan fingerprint density at radius 3 is 2.14 bits per heavy atom. The first-order valence-electron chi connectivity index (χ1n) is 12.7. The van der Waals surface area contributed by atoms with Gasteiger partial charge in [0.2, 0.25) is 0 Å². The number of nitrogens with one attached hydrogen (secondary N) is 1. The predicted molar refractivity (Wildman–Crippen MR) is 152 cm³/mol. The topological polar surface area (TPSA) is 77.3 Å². The van der Waals surface area contributed by atoms with Gasteiger partial charge >= 0.3 is 5.97 Å². The Hall–Kier alpha value is -2.32. The minimum absolute atomic E-state index is 0.161. The zero-order valence-corrected chi connectivity index (χ0v) is 24.3. The maximum absolute atomic E-state index is 13.0. The number of carboxylic acid groups (broad SMARTS) is 1. The molecule has 0 fully saturated rings. The van der Waals surface area contributed by atoms with Crippen LogP contribution in [0.1, 0.15) is 65.1 Å². The van der Waals surface area contributed by atoms with Crippen molar-refractivity contribution < 1.29 is 14.5 Å². The van der Waals surface area contributed by atoms with Crippen LogP contribution < -0.4 is 4.72 Å². The third kappa shape index (κ3) is 5.97. The average Bonchev–Trinajstić information content (AvgIpc) is 3.28. The lowest BCUT2D eigenvalue weighted by atomic mass is 10.00. The lowest BCUT2D eigenvalue weighted by Gasteiger charge is -2.44. The summed E-state index contributed by atoms with van der Waals surface area (Å²) in [6.45, 7) is 16.1. The average molecular weight is 525 g/mol. The van der Waals surface area contributed by atoms with Gasteiger partial charge in [0.05, 0.1) is 23.8 Å². The smallest absolute Gasteiger partial charge is 0.305 e. The van der Waals surface area contributed by atoms with Crippen molar-refractivity contribution in [2.24, 2.45) is 0 Å². The highest BCUT2D eigenvalue weighted by Crippen LogP contribution is 2.43. The van der Waals surface area contributed by atoms with Crippen molar-refractivity contribution in [1.82, 2.24) is 8.95 Å². The van der Waals surface area contributed by atoms with E-state index in [2.05, 4.69) is 75.0 Å². The molecule has 1 heterocycles. The monoisotopic (exact) mass is 524 g/mol. The first kappa shape index (κ1) is 28.3. The Balaban J connectivity index is 1.94. The molecule has 2 aromatic carbocycles. The minimum atomic E-state index is -1.85. The van der Waals surface area contributed by atoms with Crippen LogP contribution in [0.3, 0.4) is 0 Å². The fourth-order valence-electron chi connectivity index (χ4n) is 5.90. The standard InChI is InChI=1S/C29H40N2O3SSi/c1-20(2)36(21(3)4,22(5)6)31-16-15-26(19-31)24-9-8-10-25(17-24)28(18-29(32)33)30-35(34)27-13-11-23(7)12-14-27/h8-17,19-22,28,30H,18H2,1-7H3,(H,32,33)/t28-,35+/m0/s1. The van der Waals surface area contributed by atoms with E-state index in [9.17, 15) is 14.5 Å². The van der Waals surface area contributed by atoms with Crippen molar-refractivity contribution in [1.29, 1.82) is 0 Å². The molecule has 3 aromatic rings. The lowest BCUT2D eigenvalue weighted by Crippen LogP contribution is -2.51. The highest BCUT2D eigenvalue weighted by atomic mass is 32.2. The Morgan fingerprint density at radius 2 is 1.58 bits per heavy atom. The summed E-state index contributed by atoms with van der Waals surface area (Å²) in [5.41, 5.74) is 5.80. The molecule has 1 aromatic heterocycles. The number of hydrogen-bond donors (Lipinski definition) is 2. The number of aliphatic carboxylic acids is 1. The number of benzene rings is 2. The number of aryl methyl sites for hydroxylation is 1. The van der Waals surface area contributed by atoms with E-state index in [-0.39, 0.29) is 6.42 Å². The molecule has 2 N–H and O–H groups in total. The lowest BCUT2D eigenvalue weighted by molar-refractivity contribution is -0.137. The van der Waals surface area contributed by atoms with Crippen LogP contribution in [0.25, 0.3) is 11.1 Å². The summed E-state index contributed by atoms with van der Waals surface area (Å²) >= 11 is -1.53. The number of hydrogen-bond acceptors (Lipinski definition) is 3. The fraction of sp³-hybridized carbons (Fsp3) is 0.414. The zero-order chi connectivity index (χ0) is 26.6. The fourth-order valence-corrected chi connectivity index (χ4v) is 13.4. The third-order valence-corrected chi connectivity index (χ3v) is 15.3. The van der Waals surface area contributed by atoms with Crippen LogP contribution in [0, 0.1) is 6.92 Å². The van der Waals surface area contributed by atoms with E-state index in [1.165, 1.54) is 0 Å². The molecule has 0 aliphatic heterocycles. The molecule has 0 aliphatic rings. The minimum Gasteiger partial charge on any atom is -0.593 e. The van der Waals surface area contributed by atoms with Crippen molar-refractivity contribution in [3.05, 3.63) is 78.1 Å². The van der Waals surface area contributed by atoms with Gasteiger partial charge in [0, 0.05) is 6.20 Å². The van der Waals surface area contributed by atoms with Crippen LogP contribution in [0.2, 0.25) is 16.6 Å². The Morgan fingerprint density at radius 1 is 0.972 bits per heavy atom. The van der Waals surface area contributed by atoms with Crippen molar-refractivity contribution in [3.63, 3.8) is 0 Å². The maximum Gasteiger partial charge on any atom is 0.305 e. The molecule has 0 aliphatic carbocycles. The van der Waals surface area contributed by atoms with Gasteiger partial charge in [0.1, 0.15) is 0 Å². The molecular weight excluding hydrogens is 484 g/mol. The highest BCUT2D eigenvalue weighted by molar-refractivity contribution is 7.89. The quantitative estimate of drug-likeness (QED) is 0.204.